The fourth-order valence-electron chi connectivity index (χ4n) is 6.05. The zero-order valence-corrected chi connectivity index (χ0v) is 37.9. The Bertz CT molecular complexity index is 2100. The van der Waals surface area contributed by atoms with Crippen LogP contribution in [0.2, 0.25) is 0 Å². The van der Waals surface area contributed by atoms with E-state index in [0.717, 1.165) is 0 Å². The molecule has 366 valence electrons. The molecule has 0 aliphatic rings. The van der Waals surface area contributed by atoms with Gasteiger partial charge in [-0.3, -0.25) is 47.9 Å². The molecule has 24 nitrogen and oxygen atoms in total. The number of thioether (sulfide) groups is 1. The summed E-state index contributed by atoms with van der Waals surface area (Å²) >= 11 is 1.31. The van der Waals surface area contributed by atoms with Crippen LogP contribution in [0.4, 0.5) is 0 Å². The number of amides is 10. The Kier molecular flexibility index (Phi) is 23.3. The first-order valence-electron chi connectivity index (χ1n) is 20.8. The second-order valence-electron chi connectivity index (χ2n) is 15.4. The van der Waals surface area contributed by atoms with Gasteiger partial charge in [0, 0.05) is 19.3 Å². The van der Waals surface area contributed by atoms with E-state index in [1.165, 1.54) is 49.9 Å². The van der Waals surface area contributed by atoms with Crippen molar-refractivity contribution in [1.82, 2.24) is 37.2 Å². The average molecular weight is 958 g/mol. The van der Waals surface area contributed by atoms with Gasteiger partial charge in [-0.2, -0.15) is 11.8 Å². The summed E-state index contributed by atoms with van der Waals surface area (Å²) in [5.74, 6) is -10.8. The molecule has 67 heavy (non-hydrogen) atoms. The number of benzene rings is 2. The van der Waals surface area contributed by atoms with Gasteiger partial charge in [-0.05, 0) is 62.0 Å². The van der Waals surface area contributed by atoms with Crippen LogP contribution in [0.25, 0.3) is 0 Å². The third-order valence-electron chi connectivity index (χ3n) is 9.77. The molecule has 17 N–H and O–H groups in total. The van der Waals surface area contributed by atoms with Crippen molar-refractivity contribution in [2.24, 2.45) is 22.9 Å². The van der Waals surface area contributed by atoms with Crippen molar-refractivity contribution in [2.45, 2.75) is 107 Å². The summed E-state index contributed by atoms with van der Waals surface area (Å²) in [5.41, 5.74) is 22.6. The maximum absolute atomic E-state index is 14.1. The number of phenolic OH excluding ortho intramolecular Hbond substituents is 1. The van der Waals surface area contributed by atoms with E-state index >= 15 is 0 Å². The van der Waals surface area contributed by atoms with E-state index in [2.05, 4.69) is 37.2 Å². The Balaban J connectivity index is 2.35. The second-order valence-corrected chi connectivity index (χ2v) is 16.4. The summed E-state index contributed by atoms with van der Waals surface area (Å²) in [7, 11) is 0. The number of phenols is 1. The van der Waals surface area contributed by atoms with Crippen LogP contribution in [0.5, 0.6) is 5.75 Å². The topological polar surface area (TPSA) is 417 Å². The molecular formula is C42H59N11O13S. The molecular weight excluding hydrogens is 899 g/mol. The van der Waals surface area contributed by atoms with E-state index in [9.17, 15) is 63.0 Å². The lowest BCUT2D eigenvalue weighted by molar-refractivity contribution is -0.142. The van der Waals surface area contributed by atoms with Crippen LogP contribution in [-0.2, 0) is 65.6 Å². The van der Waals surface area contributed by atoms with E-state index in [0.29, 0.717) is 16.9 Å². The molecule has 2 aromatic carbocycles. The number of nitrogens with one attached hydrogen (secondary N) is 7. The van der Waals surface area contributed by atoms with Gasteiger partial charge in [-0.15, -0.1) is 0 Å². The third kappa shape index (κ3) is 20.6. The van der Waals surface area contributed by atoms with Gasteiger partial charge in [0.2, 0.25) is 59.1 Å². The number of hydrogen-bond acceptors (Lipinski definition) is 14. The zero-order valence-electron chi connectivity index (χ0n) is 37.1. The molecule has 0 saturated carbocycles. The summed E-state index contributed by atoms with van der Waals surface area (Å²) < 4.78 is 0. The van der Waals surface area contributed by atoms with Crippen molar-refractivity contribution >= 4 is 76.8 Å². The van der Waals surface area contributed by atoms with Crippen LogP contribution < -0.4 is 60.2 Å². The van der Waals surface area contributed by atoms with Gasteiger partial charge in [0.15, 0.2) is 0 Å². The molecule has 2 aromatic rings. The SMILES string of the molecule is CSCC[C@H](NC(=O)[C@H](CC(N)=O)NC(=O)[C@H](CC(N)=O)NC(=O)[C@H](C)NC(=O)[C@H](Cc1ccc(O)cc1)NC(=O)[C@H](Cc1ccccc1)NC(=O)[C@H](C)NC(=O)[C@@H](N)CCC(N)=O)C(=O)O. The van der Waals surface area contributed by atoms with Crippen LogP contribution in [0.15, 0.2) is 54.6 Å². The molecule has 0 spiro atoms. The molecule has 0 aliphatic carbocycles. The van der Waals surface area contributed by atoms with Crippen LogP contribution >= 0.6 is 11.8 Å². The fourth-order valence-corrected chi connectivity index (χ4v) is 6.53. The van der Waals surface area contributed by atoms with Crippen molar-refractivity contribution in [3.63, 3.8) is 0 Å². The lowest BCUT2D eigenvalue weighted by Crippen LogP contribution is -2.60. The molecule has 2 rings (SSSR count). The first-order chi connectivity index (χ1) is 31.5. The number of primary amides is 3. The quantitative estimate of drug-likeness (QED) is 0.0368. The smallest absolute Gasteiger partial charge is 0.326 e. The summed E-state index contributed by atoms with van der Waals surface area (Å²) in [5, 5.41) is 36.1. The monoisotopic (exact) mass is 957 g/mol. The highest BCUT2D eigenvalue weighted by molar-refractivity contribution is 7.98. The van der Waals surface area contributed by atoms with Crippen molar-refractivity contribution in [1.29, 1.82) is 0 Å². The average Bonchev–Trinajstić information content (AvgIpc) is 3.26. The summed E-state index contributed by atoms with van der Waals surface area (Å²) in [6, 6.07) is 2.33. The largest absolute Gasteiger partial charge is 0.508 e. The Labute approximate surface area is 389 Å². The number of carboxylic acids is 1. The van der Waals surface area contributed by atoms with Gasteiger partial charge >= 0.3 is 5.97 Å². The lowest BCUT2D eigenvalue weighted by atomic mass is 10.0. The van der Waals surface area contributed by atoms with Crippen molar-refractivity contribution < 1.29 is 63.0 Å². The molecule has 0 bridgehead atoms. The molecule has 10 amide bonds. The molecule has 0 unspecified atom stereocenters. The minimum Gasteiger partial charge on any atom is -0.508 e. The highest BCUT2D eigenvalue weighted by Gasteiger charge is 2.34. The number of aliphatic carboxylic acids is 1. The van der Waals surface area contributed by atoms with Gasteiger partial charge < -0.3 is 70.4 Å². The van der Waals surface area contributed by atoms with Crippen molar-refractivity contribution in [3.8, 4) is 5.75 Å². The number of carboxylic acid groups (broad SMARTS) is 1. The first-order valence-corrected chi connectivity index (χ1v) is 22.2. The number of nitrogens with two attached hydrogens (primary N) is 4. The van der Waals surface area contributed by atoms with Crippen LogP contribution in [0, 0.1) is 0 Å². The van der Waals surface area contributed by atoms with Crippen LogP contribution in [0.1, 0.15) is 57.1 Å². The lowest BCUT2D eigenvalue weighted by Gasteiger charge is -2.26. The van der Waals surface area contributed by atoms with E-state index in [-0.39, 0.29) is 37.9 Å². The summed E-state index contributed by atoms with van der Waals surface area (Å²) in [6.07, 6.45) is -0.537. The molecule has 8 atom stereocenters. The fraction of sp³-hybridized carbons (Fsp3) is 0.452. The third-order valence-corrected chi connectivity index (χ3v) is 10.4. The van der Waals surface area contributed by atoms with Gasteiger partial charge in [0.1, 0.15) is 48.0 Å². The molecule has 25 heteroatoms. The minimum absolute atomic E-state index is 0.00739. The molecule has 0 heterocycles. The standard InChI is InChI=1S/C42H59N11O13S/c1-21(47-37(60)26(43)13-14-32(44)55)35(58)50-29(17-23-7-5-4-6-8-23)39(62)52-28(18-24-9-11-25(54)12-10-24)38(61)48-22(2)36(59)51-30(19-33(45)56)41(64)53-31(20-34(46)57)40(63)49-27(42(65)66)15-16-67-3/h4-12,21-22,26-31,54H,13-20,43H2,1-3H3,(H2,44,55)(H2,45,56)(H2,46,57)(H,47,60)(H,48,61)(H,49,63)(H,50,58)(H,51,59)(H,52,62)(H,53,64)(H,65,66)/t21-,22-,26-,27-,28-,29-,30-,31-/m0/s1. The minimum atomic E-state index is -1.80. The van der Waals surface area contributed by atoms with Crippen LogP contribution in [-0.4, -0.2) is 136 Å². The van der Waals surface area contributed by atoms with Crippen molar-refractivity contribution in [3.05, 3.63) is 65.7 Å². The van der Waals surface area contributed by atoms with Gasteiger partial charge in [0.25, 0.3) is 0 Å². The Morgan fingerprint density at radius 3 is 1.39 bits per heavy atom. The molecule has 0 saturated heterocycles. The van der Waals surface area contributed by atoms with Crippen LogP contribution in [0.3, 0.4) is 0 Å². The Morgan fingerprint density at radius 2 is 0.925 bits per heavy atom. The van der Waals surface area contributed by atoms with Crippen molar-refractivity contribution in [2.75, 3.05) is 12.0 Å². The summed E-state index contributed by atoms with van der Waals surface area (Å²) in [6.45, 7) is 2.53. The van der Waals surface area contributed by atoms with E-state index in [1.54, 1.807) is 36.6 Å². The number of rotatable bonds is 29. The summed E-state index contributed by atoms with van der Waals surface area (Å²) in [4.78, 5) is 141. The van der Waals surface area contributed by atoms with Gasteiger partial charge in [0.05, 0.1) is 18.9 Å². The van der Waals surface area contributed by atoms with E-state index in [1.807, 2.05) is 0 Å². The number of aromatic hydroxyl groups is 1. The highest BCUT2D eigenvalue weighted by Crippen LogP contribution is 2.13. The maximum atomic E-state index is 14.1. The van der Waals surface area contributed by atoms with Gasteiger partial charge in [-0.25, -0.2) is 4.79 Å². The normalized spacial score (nSPS) is 14.4. The number of carbonyl (C=O) groups is 11. The Morgan fingerprint density at radius 1 is 0.522 bits per heavy atom. The molecule has 0 fully saturated rings. The van der Waals surface area contributed by atoms with E-state index < -0.39 is 126 Å². The van der Waals surface area contributed by atoms with Gasteiger partial charge in [-0.1, -0.05) is 42.5 Å². The zero-order chi connectivity index (χ0) is 50.4. The first kappa shape index (κ1) is 55.9. The van der Waals surface area contributed by atoms with E-state index in [4.69, 9.17) is 22.9 Å². The molecule has 0 aromatic heterocycles. The maximum Gasteiger partial charge on any atom is 0.326 e. The number of hydrogen-bond donors (Lipinski definition) is 13. The molecule has 0 aliphatic heterocycles. The molecule has 0 radical (unpaired) electrons. The Hall–Kier alpha value is -7.28. The predicted molar refractivity (Wildman–Crippen MR) is 241 cm³/mol. The number of carbonyl (C=O) groups excluding carboxylic acids is 10. The highest BCUT2D eigenvalue weighted by atomic mass is 32.2. The predicted octanol–water partition coefficient (Wildman–Crippen LogP) is -4.21. The second kappa shape index (κ2) is 27.9.